The Balaban J connectivity index is 1.37. The van der Waals surface area contributed by atoms with Crippen LogP contribution >= 0.6 is 34.8 Å². The average molecular weight is 596 g/mol. The van der Waals surface area contributed by atoms with E-state index >= 15 is 0 Å². The molecule has 204 valence electrons. The number of hydrogen-bond donors (Lipinski definition) is 2. The summed E-state index contributed by atoms with van der Waals surface area (Å²) in [7, 11) is 0. The third-order valence-corrected chi connectivity index (χ3v) is 7.21. The van der Waals surface area contributed by atoms with Crippen LogP contribution in [-0.4, -0.2) is 22.3 Å². The number of carbonyl (C=O) groups is 1. The molecule has 9 heteroatoms. The van der Waals surface area contributed by atoms with Crippen LogP contribution in [0.3, 0.4) is 0 Å². The summed E-state index contributed by atoms with van der Waals surface area (Å²) in [6.45, 7) is 4.15. The largest absolute Gasteiger partial charge is 0.489 e. The number of nitrogens with one attached hydrogen (secondary N) is 1. The molecule has 4 aromatic rings. The maximum absolute atomic E-state index is 11.6. The summed E-state index contributed by atoms with van der Waals surface area (Å²) in [5.41, 5.74) is 3.97. The molecule has 0 spiro atoms. The zero-order valence-corrected chi connectivity index (χ0v) is 24.0. The van der Waals surface area contributed by atoms with Crippen LogP contribution in [0.15, 0.2) is 59.1 Å². The van der Waals surface area contributed by atoms with E-state index < -0.39 is 5.97 Å². The summed E-state index contributed by atoms with van der Waals surface area (Å²) < 4.78 is 11.8. The number of nitrogens with zero attached hydrogens (tertiary/aromatic N) is 1. The van der Waals surface area contributed by atoms with Gasteiger partial charge < -0.3 is 19.7 Å². The van der Waals surface area contributed by atoms with Crippen LogP contribution in [-0.2, 0) is 6.61 Å². The summed E-state index contributed by atoms with van der Waals surface area (Å²) in [5, 5.41) is 18.4. The zero-order valence-electron chi connectivity index (χ0n) is 21.7. The second-order valence-corrected chi connectivity index (χ2v) is 11.1. The number of ether oxygens (including phenoxy) is 1. The standard InChI is InChI=1S/C31H25Cl3N2O4/c1-17(2)35-22-13-18(12-21(14-22)31(37)38)6-7-19-10-11-23(15-27(19)34)39-16-24-29(36-40-30(24)20-8-9-20)28-25(32)4-3-5-26(28)33/h3-5,10-15,17,20,35H,8-9,16H2,1-2H3,(H,37,38). The summed E-state index contributed by atoms with van der Waals surface area (Å²) in [5.74, 6) is 6.68. The van der Waals surface area contributed by atoms with Gasteiger partial charge in [-0.3, -0.25) is 0 Å². The van der Waals surface area contributed by atoms with Crippen LogP contribution in [0.1, 0.15) is 65.4 Å². The van der Waals surface area contributed by atoms with Crippen molar-refractivity contribution < 1.29 is 19.2 Å². The van der Waals surface area contributed by atoms with Crippen molar-refractivity contribution in [3.05, 3.63) is 97.7 Å². The molecule has 0 aliphatic heterocycles. The lowest BCUT2D eigenvalue weighted by Gasteiger charge is -2.11. The first kappa shape index (κ1) is 27.9. The van der Waals surface area contributed by atoms with Crippen molar-refractivity contribution in [2.24, 2.45) is 0 Å². The fourth-order valence-corrected chi connectivity index (χ4v) is 5.06. The van der Waals surface area contributed by atoms with Gasteiger partial charge in [0.15, 0.2) is 0 Å². The van der Waals surface area contributed by atoms with Gasteiger partial charge in [0.2, 0.25) is 0 Å². The quantitative estimate of drug-likeness (QED) is 0.198. The third-order valence-electron chi connectivity index (χ3n) is 6.27. The molecular formula is C31H25Cl3N2O4. The highest BCUT2D eigenvalue weighted by atomic mass is 35.5. The predicted octanol–water partition coefficient (Wildman–Crippen LogP) is 8.68. The number of halogens is 3. The molecule has 1 saturated carbocycles. The van der Waals surface area contributed by atoms with Crippen LogP contribution in [0, 0.1) is 11.8 Å². The molecule has 1 aliphatic carbocycles. The number of carboxylic acids is 1. The second kappa shape index (κ2) is 11.9. The minimum atomic E-state index is -1.02. The number of rotatable bonds is 8. The van der Waals surface area contributed by atoms with Gasteiger partial charge in [-0.25, -0.2) is 4.79 Å². The normalized spacial score (nSPS) is 12.7. The fourth-order valence-electron chi connectivity index (χ4n) is 4.27. The van der Waals surface area contributed by atoms with Gasteiger partial charge in [0.05, 0.1) is 26.2 Å². The Morgan fingerprint density at radius 3 is 2.48 bits per heavy atom. The maximum Gasteiger partial charge on any atom is 0.335 e. The van der Waals surface area contributed by atoms with Crippen molar-refractivity contribution in [1.82, 2.24) is 5.16 Å². The lowest BCUT2D eigenvalue weighted by Crippen LogP contribution is -2.10. The van der Waals surface area contributed by atoms with E-state index in [1.807, 2.05) is 19.9 Å². The highest BCUT2D eigenvalue weighted by Crippen LogP contribution is 2.46. The second-order valence-electron chi connectivity index (χ2n) is 9.83. The van der Waals surface area contributed by atoms with Crippen LogP contribution in [0.5, 0.6) is 5.75 Å². The van der Waals surface area contributed by atoms with E-state index in [0.29, 0.717) is 54.8 Å². The first-order chi connectivity index (χ1) is 19.2. The summed E-state index contributed by atoms with van der Waals surface area (Å²) in [4.78, 5) is 11.6. The number of aromatic carboxylic acids is 1. The number of carboxylic acid groups (broad SMARTS) is 1. The smallest absolute Gasteiger partial charge is 0.335 e. The number of aromatic nitrogens is 1. The summed E-state index contributed by atoms with van der Waals surface area (Å²) in [6, 6.07) is 15.6. The van der Waals surface area contributed by atoms with Crippen LogP contribution in [0.25, 0.3) is 11.3 Å². The Bertz CT molecular complexity index is 1630. The monoisotopic (exact) mass is 594 g/mol. The zero-order chi connectivity index (χ0) is 28.4. The fraction of sp³-hybridized carbons (Fsp3) is 0.226. The third kappa shape index (κ3) is 6.39. The maximum atomic E-state index is 11.6. The lowest BCUT2D eigenvalue weighted by atomic mass is 10.0. The molecule has 0 radical (unpaired) electrons. The molecule has 40 heavy (non-hydrogen) atoms. The van der Waals surface area contributed by atoms with E-state index in [2.05, 4.69) is 22.3 Å². The molecule has 2 N–H and O–H groups in total. The van der Waals surface area contributed by atoms with Crippen molar-refractivity contribution in [2.75, 3.05) is 5.32 Å². The Labute approximate surface area is 247 Å². The van der Waals surface area contributed by atoms with E-state index in [1.54, 1.807) is 42.5 Å². The van der Waals surface area contributed by atoms with Crippen LogP contribution < -0.4 is 10.1 Å². The van der Waals surface area contributed by atoms with Crippen molar-refractivity contribution in [3.8, 4) is 28.8 Å². The molecule has 0 amide bonds. The minimum absolute atomic E-state index is 0.141. The SMILES string of the molecule is CC(C)Nc1cc(C#Cc2ccc(OCc3c(-c4c(Cl)cccc4Cl)noc3C3CC3)cc2Cl)cc(C(=O)O)c1. The van der Waals surface area contributed by atoms with Crippen molar-refractivity contribution in [2.45, 2.75) is 45.3 Å². The average Bonchev–Trinajstić information content (AvgIpc) is 3.66. The van der Waals surface area contributed by atoms with E-state index in [0.717, 1.165) is 24.2 Å². The van der Waals surface area contributed by atoms with Gasteiger partial charge >= 0.3 is 5.97 Å². The van der Waals surface area contributed by atoms with Gasteiger partial charge in [0, 0.05) is 40.4 Å². The van der Waals surface area contributed by atoms with Gasteiger partial charge in [-0.2, -0.15) is 0 Å². The van der Waals surface area contributed by atoms with Crippen LogP contribution in [0.2, 0.25) is 15.1 Å². The first-order valence-corrected chi connectivity index (χ1v) is 13.8. The van der Waals surface area contributed by atoms with Crippen LogP contribution in [0.4, 0.5) is 5.69 Å². The number of anilines is 1. The highest BCUT2D eigenvalue weighted by molar-refractivity contribution is 6.39. The molecule has 0 bridgehead atoms. The molecule has 1 aromatic heterocycles. The van der Waals surface area contributed by atoms with E-state index in [4.69, 9.17) is 44.1 Å². The van der Waals surface area contributed by atoms with Gasteiger partial charge in [0.25, 0.3) is 0 Å². The Morgan fingerprint density at radius 2 is 1.82 bits per heavy atom. The minimum Gasteiger partial charge on any atom is -0.489 e. The molecule has 3 aromatic carbocycles. The van der Waals surface area contributed by atoms with Gasteiger partial charge in [0.1, 0.15) is 23.8 Å². The first-order valence-electron chi connectivity index (χ1n) is 12.7. The molecule has 0 saturated heterocycles. The number of benzene rings is 3. The molecule has 5 rings (SSSR count). The summed E-state index contributed by atoms with van der Waals surface area (Å²) in [6.07, 6.45) is 2.06. The van der Waals surface area contributed by atoms with Crippen molar-refractivity contribution in [1.29, 1.82) is 0 Å². The Kier molecular flexibility index (Phi) is 8.27. The Hall–Kier alpha value is -3.63. The predicted molar refractivity (Wildman–Crippen MR) is 158 cm³/mol. The molecule has 1 fully saturated rings. The van der Waals surface area contributed by atoms with E-state index in [-0.39, 0.29) is 18.2 Å². The van der Waals surface area contributed by atoms with Gasteiger partial charge in [-0.05, 0) is 69.2 Å². The van der Waals surface area contributed by atoms with Crippen molar-refractivity contribution >= 4 is 46.5 Å². The molecular weight excluding hydrogens is 571 g/mol. The van der Waals surface area contributed by atoms with E-state index in [9.17, 15) is 9.90 Å². The number of hydrogen-bond acceptors (Lipinski definition) is 5. The topological polar surface area (TPSA) is 84.6 Å². The molecule has 0 atom stereocenters. The molecule has 1 aliphatic rings. The molecule has 1 heterocycles. The Morgan fingerprint density at radius 1 is 1.07 bits per heavy atom. The van der Waals surface area contributed by atoms with E-state index in [1.165, 1.54) is 6.07 Å². The lowest BCUT2D eigenvalue weighted by molar-refractivity contribution is 0.0697. The summed E-state index contributed by atoms with van der Waals surface area (Å²) >= 11 is 19.5. The van der Waals surface area contributed by atoms with Gasteiger partial charge in [-0.15, -0.1) is 0 Å². The van der Waals surface area contributed by atoms with Crippen molar-refractivity contribution in [3.63, 3.8) is 0 Å². The highest BCUT2D eigenvalue weighted by Gasteiger charge is 2.33. The molecule has 0 unspecified atom stereocenters. The van der Waals surface area contributed by atoms with Gasteiger partial charge in [-0.1, -0.05) is 57.9 Å². The molecule has 6 nitrogen and oxygen atoms in total.